The molecule has 1 saturated heterocycles. The van der Waals surface area contributed by atoms with E-state index in [0.717, 1.165) is 5.56 Å². The van der Waals surface area contributed by atoms with E-state index in [0.29, 0.717) is 22.6 Å². The lowest BCUT2D eigenvalue weighted by atomic mass is 9.84. The second-order valence-electron chi connectivity index (χ2n) is 9.79. The predicted octanol–water partition coefficient (Wildman–Crippen LogP) is 5.41. The van der Waals surface area contributed by atoms with E-state index in [1.807, 2.05) is 26.8 Å². The van der Waals surface area contributed by atoms with Gasteiger partial charge in [0.15, 0.2) is 0 Å². The van der Waals surface area contributed by atoms with Gasteiger partial charge in [-0.1, -0.05) is 57.2 Å². The second-order valence-corrected chi connectivity index (χ2v) is 9.79. The fourth-order valence-corrected chi connectivity index (χ4v) is 4.55. The van der Waals surface area contributed by atoms with Crippen LogP contribution in [0.1, 0.15) is 53.9 Å². The second kappa shape index (κ2) is 9.93. The standard InChI is InChI=1S/C30H29NO6/c1-30(2,3)22-17-19(14-15-23(22)36-4)26(32)24-25(18-10-7-6-8-11-18)31(28(34)27(24)33)21-13-9-12-20(16-21)29(35)37-5/h6-17,25,32H,1-5H3/b26-24-. The van der Waals surface area contributed by atoms with Crippen molar-refractivity contribution >= 4 is 29.1 Å². The molecule has 3 aromatic carbocycles. The molecule has 1 unspecified atom stereocenters. The Hall–Kier alpha value is -4.39. The summed E-state index contributed by atoms with van der Waals surface area (Å²) < 4.78 is 10.3. The molecule has 0 saturated carbocycles. The third-order valence-electron chi connectivity index (χ3n) is 6.39. The van der Waals surface area contributed by atoms with Gasteiger partial charge in [0.2, 0.25) is 0 Å². The van der Waals surface area contributed by atoms with Crippen LogP contribution in [0.5, 0.6) is 5.75 Å². The summed E-state index contributed by atoms with van der Waals surface area (Å²) in [5.74, 6) is -1.82. The highest BCUT2D eigenvalue weighted by molar-refractivity contribution is 6.51. The lowest BCUT2D eigenvalue weighted by Crippen LogP contribution is -2.29. The minimum atomic E-state index is -0.908. The highest BCUT2D eigenvalue weighted by atomic mass is 16.5. The summed E-state index contributed by atoms with van der Waals surface area (Å²) in [4.78, 5) is 40.3. The number of carbonyl (C=O) groups excluding carboxylic acids is 3. The van der Waals surface area contributed by atoms with Gasteiger partial charge in [-0.3, -0.25) is 14.5 Å². The van der Waals surface area contributed by atoms with E-state index >= 15 is 0 Å². The van der Waals surface area contributed by atoms with Gasteiger partial charge >= 0.3 is 5.97 Å². The fourth-order valence-electron chi connectivity index (χ4n) is 4.55. The average Bonchev–Trinajstić information content (AvgIpc) is 3.17. The number of aliphatic hydroxyl groups is 1. The summed E-state index contributed by atoms with van der Waals surface area (Å²) in [5, 5.41) is 11.5. The van der Waals surface area contributed by atoms with Crippen LogP contribution in [0.15, 0.2) is 78.4 Å². The summed E-state index contributed by atoms with van der Waals surface area (Å²) >= 11 is 0. The van der Waals surface area contributed by atoms with Crippen LogP contribution in [0.3, 0.4) is 0 Å². The molecule has 0 radical (unpaired) electrons. The molecule has 7 heteroatoms. The maximum absolute atomic E-state index is 13.4. The van der Waals surface area contributed by atoms with Crippen molar-refractivity contribution in [2.75, 3.05) is 19.1 Å². The molecule has 7 nitrogen and oxygen atoms in total. The number of methoxy groups -OCH3 is 2. The molecule has 1 aliphatic rings. The summed E-state index contributed by atoms with van der Waals surface area (Å²) in [6, 6.07) is 19.6. The number of ketones is 1. The van der Waals surface area contributed by atoms with Crippen molar-refractivity contribution in [3.63, 3.8) is 0 Å². The smallest absolute Gasteiger partial charge is 0.337 e. The molecule has 0 aliphatic carbocycles. The van der Waals surface area contributed by atoms with Crippen molar-refractivity contribution in [2.45, 2.75) is 32.2 Å². The Kier molecular flexibility index (Phi) is 6.90. The molecule has 1 heterocycles. The molecule has 1 atom stereocenters. The molecule has 1 aliphatic heterocycles. The molecule has 37 heavy (non-hydrogen) atoms. The Morgan fingerprint density at radius 3 is 2.22 bits per heavy atom. The lowest BCUT2D eigenvalue weighted by molar-refractivity contribution is -0.132. The van der Waals surface area contributed by atoms with Gasteiger partial charge in [0, 0.05) is 16.8 Å². The van der Waals surface area contributed by atoms with Crippen molar-refractivity contribution < 1.29 is 29.0 Å². The van der Waals surface area contributed by atoms with E-state index in [1.165, 1.54) is 18.1 Å². The number of Topliss-reactive ketones (excluding diaryl/α,β-unsaturated/α-hetero) is 1. The van der Waals surface area contributed by atoms with Crippen molar-refractivity contribution in [3.05, 3.63) is 101 Å². The molecule has 0 spiro atoms. The van der Waals surface area contributed by atoms with Crippen LogP contribution < -0.4 is 9.64 Å². The highest BCUT2D eigenvalue weighted by Crippen LogP contribution is 2.43. The zero-order valence-electron chi connectivity index (χ0n) is 21.4. The topological polar surface area (TPSA) is 93.1 Å². The van der Waals surface area contributed by atoms with Crippen molar-refractivity contribution in [2.24, 2.45) is 0 Å². The predicted molar refractivity (Wildman–Crippen MR) is 141 cm³/mol. The quantitative estimate of drug-likeness (QED) is 0.219. The average molecular weight is 500 g/mol. The number of ether oxygens (including phenoxy) is 2. The molecule has 1 amide bonds. The Morgan fingerprint density at radius 2 is 1.59 bits per heavy atom. The van der Waals surface area contributed by atoms with Gasteiger partial charge in [0.1, 0.15) is 11.5 Å². The van der Waals surface area contributed by atoms with Crippen molar-refractivity contribution in [3.8, 4) is 5.75 Å². The molecule has 3 aromatic rings. The Morgan fingerprint density at radius 1 is 0.892 bits per heavy atom. The summed E-state index contributed by atoms with van der Waals surface area (Å²) in [5.41, 5.74) is 2.10. The molecule has 0 aromatic heterocycles. The number of rotatable bonds is 5. The first kappa shape index (κ1) is 25.7. The van der Waals surface area contributed by atoms with Crippen LogP contribution in [0.4, 0.5) is 5.69 Å². The Balaban J connectivity index is 1.94. The number of anilines is 1. The zero-order valence-corrected chi connectivity index (χ0v) is 21.4. The minimum absolute atomic E-state index is 0.0373. The van der Waals surface area contributed by atoms with E-state index in [1.54, 1.807) is 67.8 Å². The third kappa shape index (κ3) is 4.72. The number of aliphatic hydroxyl groups excluding tert-OH is 1. The Labute approximate surface area is 215 Å². The van der Waals surface area contributed by atoms with Crippen LogP contribution in [-0.4, -0.2) is 37.0 Å². The van der Waals surface area contributed by atoms with E-state index < -0.39 is 23.7 Å². The third-order valence-corrected chi connectivity index (χ3v) is 6.39. The van der Waals surface area contributed by atoms with Crippen molar-refractivity contribution in [1.82, 2.24) is 0 Å². The van der Waals surface area contributed by atoms with Gasteiger partial charge in [-0.05, 0) is 47.4 Å². The van der Waals surface area contributed by atoms with E-state index in [-0.39, 0.29) is 22.3 Å². The molecule has 4 rings (SSSR count). The van der Waals surface area contributed by atoms with Crippen LogP contribution in [0.25, 0.3) is 5.76 Å². The van der Waals surface area contributed by atoms with Gasteiger partial charge in [-0.2, -0.15) is 0 Å². The van der Waals surface area contributed by atoms with Gasteiger partial charge in [0.05, 0.1) is 31.4 Å². The largest absolute Gasteiger partial charge is 0.507 e. The monoisotopic (exact) mass is 499 g/mol. The van der Waals surface area contributed by atoms with Crippen LogP contribution in [0.2, 0.25) is 0 Å². The van der Waals surface area contributed by atoms with E-state index in [2.05, 4.69) is 0 Å². The number of amides is 1. The summed E-state index contributed by atoms with van der Waals surface area (Å²) in [7, 11) is 2.85. The van der Waals surface area contributed by atoms with Crippen molar-refractivity contribution in [1.29, 1.82) is 0 Å². The zero-order chi connectivity index (χ0) is 26.9. The number of benzene rings is 3. The van der Waals surface area contributed by atoms with Crippen LogP contribution in [0, 0.1) is 0 Å². The van der Waals surface area contributed by atoms with Crippen LogP contribution >= 0.6 is 0 Å². The first-order chi connectivity index (χ1) is 17.6. The van der Waals surface area contributed by atoms with Gasteiger partial charge in [-0.25, -0.2) is 4.79 Å². The van der Waals surface area contributed by atoms with Gasteiger partial charge in [0.25, 0.3) is 11.7 Å². The maximum Gasteiger partial charge on any atom is 0.337 e. The molecule has 1 fully saturated rings. The number of hydrogen-bond acceptors (Lipinski definition) is 6. The highest BCUT2D eigenvalue weighted by Gasteiger charge is 2.47. The van der Waals surface area contributed by atoms with Gasteiger partial charge in [-0.15, -0.1) is 0 Å². The minimum Gasteiger partial charge on any atom is -0.507 e. The molecule has 0 bridgehead atoms. The first-order valence-corrected chi connectivity index (χ1v) is 11.8. The maximum atomic E-state index is 13.4. The summed E-state index contributed by atoms with van der Waals surface area (Å²) in [6.07, 6.45) is 0. The van der Waals surface area contributed by atoms with E-state index in [9.17, 15) is 19.5 Å². The summed E-state index contributed by atoms with van der Waals surface area (Å²) in [6.45, 7) is 6.06. The van der Waals surface area contributed by atoms with Crippen LogP contribution in [-0.2, 0) is 19.7 Å². The molecule has 190 valence electrons. The van der Waals surface area contributed by atoms with E-state index in [4.69, 9.17) is 9.47 Å². The van der Waals surface area contributed by atoms with Gasteiger partial charge < -0.3 is 14.6 Å². The molecule has 1 N–H and O–H groups in total. The number of carbonyl (C=O) groups is 3. The fraction of sp³-hybridized carbons (Fsp3) is 0.233. The first-order valence-electron chi connectivity index (χ1n) is 11.8. The lowest BCUT2D eigenvalue weighted by Gasteiger charge is -2.26. The molecular weight excluding hydrogens is 470 g/mol. The molecular formula is C30H29NO6. The SMILES string of the molecule is COC(=O)c1cccc(N2C(=O)C(=O)/C(=C(\O)c3ccc(OC)c(C(C)(C)C)c3)C2c2ccccc2)c1. The number of hydrogen-bond donors (Lipinski definition) is 1. The Bertz CT molecular complexity index is 1400. The number of nitrogens with zero attached hydrogens (tertiary/aromatic N) is 1. The normalized spacial score (nSPS) is 17.1. The number of esters is 1.